The van der Waals surface area contributed by atoms with E-state index in [2.05, 4.69) is 9.98 Å². The summed E-state index contributed by atoms with van der Waals surface area (Å²) in [5, 5.41) is 10.8. The normalized spacial score (nSPS) is 16.9. The van der Waals surface area contributed by atoms with Crippen LogP contribution in [0.2, 0.25) is 5.15 Å². The van der Waals surface area contributed by atoms with E-state index in [1.54, 1.807) is 41.4 Å². The highest BCUT2D eigenvalue weighted by molar-refractivity contribution is 8.18. The van der Waals surface area contributed by atoms with Gasteiger partial charge in [0.25, 0.3) is 5.91 Å². The number of carbonyl (C=O) groups is 1. The van der Waals surface area contributed by atoms with Crippen molar-refractivity contribution in [2.45, 2.75) is 6.92 Å². The Morgan fingerprint density at radius 3 is 2.57 bits per heavy atom. The highest BCUT2D eigenvalue weighted by Crippen LogP contribution is 2.40. The van der Waals surface area contributed by atoms with Crippen LogP contribution in [0.3, 0.4) is 0 Å². The summed E-state index contributed by atoms with van der Waals surface area (Å²) in [4.78, 5) is 23.3. The number of hydrogen-bond donors (Lipinski definition) is 1. The molecule has 9 heteroatoms. The molecule has 2 aromatic rings. The number of halogens is 1. The predicted molar refractivity (Wildman–Crippen MR) is 111 cm³/mol. The molecule has 146 valence electrons. The van der Waals surface area contributed by atoms with E-state index in [0.717, 1.165) is 0 Å². The number of ether oxygens (including phenoxy) is 2. The molecule has 0 aliphatic carbocycles. The molecule has 0 spiro atoms. The van der Waals surface area contributed by atoms with Crippen LogP contribution in [0, 0.1) is 0 Å². The highest BCUT2D eigenvalue weighted by Gasteiger charge is 2.32. The lowest BCUT2D eigenvalue weighted by molar-refractivity contribution is -0.122. The van der Waals surface area contributed by atoms with E-state index >= 15 is 0 Å². The van der Waals surface area contributed by atoms with Crippen molar-refractivity contribution >= 4 is 46.2 Å². The third kappa shape index (κ3) is 3.93. The lowest BCUT2D eigenvalue weighted by Gasteiger charge is -2.12. The van der Waals surface area contributed by atoms with Gasteiger partial charge in [-0.1, -0.05) is 11.6 Å². The molecule has 1 aliphatic heterocycles. The van der Waals surface area contributed by atoms with Crippen LogP contribution in [0.4, 0.5) is 5.69 Å². The number of aliphatic imine (C=N–C) groups is 1. The zero-order chi connectivity index (χ0) is 20.3. The summed E-state index contributed by atoms with van der Waals surface area (Å²) in [5.41, 5.74) is 1.14. The number of nitrogens with zero attached hydrogens (tertiary/aromatic N) is 3. The van der Waals surface area contributed by atoms with Crippen molar-refractivity contribution < 1.29 is 19.4 Å². The van der Waals surface area contributed by atoms with Crippen LogP contribution < -0.4 is 9.47 Å². The van der Waals surface area contributed by atoms with Crippen molar-refractivity contribution in [3.63, 3.8) is 0 Å². The molecular weight excluding hydrogens is 402 g/mol. The second-order valence-corrected chi connectivity index (χ2v) is 7.01. The van der Waals surface area contributed by atoms with Crippen molar-refractivity contribution in [1.82, 2.24) is 9.88 Å². The molecule has 1 saturated heterocycles. The molecule has 0 bridgehead atoms. The lowest BCUT2D eigenvalue weighted by atomic mass is 10.1. The number of thioether (sulfide) groups is 1. The standard InChI is InChI=1S/C19H18ClN3O4S/c1-4-23-18(25)15(28-19(23)22-12-6-5-7-21-17(12)20)10-11-8-13(26-2)16(24)14(9-11)27-3/h5-10,24H,4H2,1-3H3/b15-10-,22-19?. The van der Waals surface area contributed by atoms with E-state index in [1.807, 2.05) is 6.92 Å². The topological polar surface area (TPSA) is 84.2 Å². The first kappa shape index (κ1) is 20.0. The second-order valence-electron chi connectivity index (χ2n) is 5.64. The first-order valence-electron chi connectivity index (χ1n) is 8.34. The molecule has 1 aliphatic rings. The Labute approximate surface area is 171 Å². The molecule has 28 heavy (non-hydrogen) atoms. The zero-order valence-corrected chi connectivity index (χ0v) is 17.0. The fraction of sp³-hybridized carbons (Fsp3) is 0.211. The molecule has 1 N–H and O–H groups in total. The fourth-order valence-electron chi connectivity index (χ4n) is 2.58. The summed E-state index contributed by atoms with van der Waals surface area (Å²) in [6.45, 7) is 2.33. The van der Waals surface area contributed by atoms with Crippen LogP contribution in [0.25, 0.3) is 6.08 Å². The number of aromatic hydroxyl groups is 1. The van der Waals surface area contributed by atoms with Crippen molar-refractivity contribution in [2.24, 2.45) is 4.99 Å². The molecular formula is C19H18ClN3O4S. The Balaban J connectivity index is 2.00. The van der Waals surface area contributed by atoms with Gasteiger partial charge in [0.1, 0.15) is 5.69 Å². The summed E-state index contributed by atoms with van der Waals surface area (Å²) < 4.78 is 10.3. The minimum absolute atomic E-state index is 0.0961. The van der Waals surface area contributed by atoms with E-state index in [-0.39, 0.29) is 28.3 Å². The Bertz CT molecular complexity index is 952. The molecule has 7 nitrogen and oxygen atoms in total. The number of phenols is 1. The van der Waals surface area contributed by atoms with E-state index < -0.39 is 0 Å². The fourth-order valence-corrected chi connectivity index (χ4v) is 3.80. The van der Waals surface area contributed by atoms with Gasteiger partial charge in [-0.15, -0.1) is 0 Å². The second kappa shape index (κ2) is 8.53. The van der Waals surface area contributed by atoms with Crippen LogP contribution in [-0.4, -0.2) is 46.8 Å². The number of amides is 1. The molecule has 1 fully saturated rings. The first-order valence-corrected chi connectivity index (χ1v) is 9.53. The molecule has 3 rings (SSSR count). The number of hydrogen-bond acceptors (Lipinski definition) is 7. The van der Waals surface area contributed by atoms with Gasteiger partial charge >= 0.3 is 0 Å². The van der Waals surface area contributed by atoms with Gasteiger partial charge in [-0.05, 0) is 54.6 Å². The van der Waals surface area contributed by atoms with Gasteiger partial charge in [-0.2, -0.15) is 0 Å². The minimum atomic E-state index is -0.169. The number of benzene rings is 1. The molecule has 0 saturated carbocycles. The predicted octanol–water partition coefficient (Wildman–Crippen LogP) is 4.08. The van der Waals surface area contributed by atoms with E-state index in [1.165, 1.54) is 26.0 Å². The largest absolute Gasteiger partial charge is 0.502 e. The van der Waals surface area contributed by atoms with Crippen molar-refractivity contribution in [3.05, 3.63) is 46.1 Å². The number of rotatable bonds is 5. The number of carbonyl (C=O) groups excluding carboxylic acids is 1. The molecule has 1 aromatic carbocycles. The van der Waals surface area contributed by atoms with Crippen molar-refractivity contribution in [3.8, 4) is 17.2 Å². The monoisotopic (exact) mass is 419 g/mol. The van der Waals surface area contributed by atoms with Crippen LogP contribution in [-0.2, 0) is 4.79 Å². The Kier molecular flexibility index (Phi) is 6.11. The number of amidine groups is 1. The third-order valence-electron chi connectivity index (χ3n) is 3.96. The van der Waals surface area contributed by atoms with Gasteiger partial charge < -0.3 is 14.6 Å². The molecule has 0 atom stereocenters. The molecule has 1 amide bonds. The van der Waals surface area contributed by atoms with Gasteiger partial charge in [0.05, 0.1) is 19.1 Å². The van der Waals surface area contributed by atoms with Crippen molar-refractivity contribution in [1.29, 1.82) is 0 Å². The summed E-state index contributed by atoms with van der Waals surface area (Å²) in [7, 11) is 2.89. The smallest absolute Gasteiger partial charge is 0.266 e. The molecule has 0 radical (unpaired) electrons. The summed E-state index contributed by atoms with van der Waals surface area (Å²) >= 11 is 7.32. The number of phenolic OH excluding ortho intramolecular Hbond substituents is 1. The van der Waals surface area contributed by atoms with Gasteiger partial charge in [-0.3, -0.25) is 9.69 Å². The summed E-state index contributed by atoms with van der Waals surface area (Å²) in [6.07, 6.45) is 3.28. The lowest BCUT2D eigenvalue weighted by Crippen LogP contribution is -2.28. The molecule has 1 aromatic heterocycles. The average molecular weight is 420 g/mol. The minimum Gasteiger partial charge on any atom is -0.502 e. The first-order chi connectivity index (χ1) is 13.5. The Morgan fingerprint density at radius 1 is 1.32 bits per heavy atom. The summed E-state index contributed by atoms with van der Waals surface area (Å²) in [6, 6.07) is 6.72. The van der Waals surface area contributed by atoms with E-state index in [0.29, 0.717) is 27.9 Å². The van der Waals surface area contributed by atoms with E-state index in [4.69, 9.17) is 21.1 Å². The van der Waals surface area contributed by atoms with Crippen LogP contribution in [0.15, 0.2) is 40.4 Å². The van der Waals surface area contributed by atoms with E-state index in [9.17, 15) is 9.90 Å². The molecule has 0 unspecified atom stereocenters. The SMILES string of the molecule is CCN1C(=O)/C(=C/c2cc(OC)c(O)c(OC)c2)SC1=Nc1cccnc1Cl. The number of pyridine rings is 1. The average Bonchev–Trinajstić information content (AvgIpc) is 2.99. The quantitative estimate of drug-likeness (QED) is 0.580. The van der Waals surface area contributed by atoms with Gasteiger partial charge in [0.15, 0.2) is 21.8 Å². The zero-order valence-electron chi connectivity index (χ0n) is 15.5. The van der Waals surface area contributed by atoms with Gasteiger partial charge in [0, 0.05) is 12.7 Å². The third-order valence-corrected chi connectivity index (χ3v) is 5.26. The molecule has 2 heterocycles. The Morgan fingerprint density at radius 2 is 2.00 bits per heavy atom. The van der Waals surface area contributed by atoms with Gasteiger partial charge in [-0.25, -0.2) is 9.98 Å². The van der Waals surface area contributed by atoms with Crippen LogP contribution in [0.1, 0.15) is 12.5 Å². The van der Waals surface area contributed by atoms with Crippen LogP contribution >= 0.6 is 23.4 Å². The Hall–Kier alpha value is -2.71. The highest BCUT2D eigenvalue weighted by atomic mass is 35.5. The van der Waals surface area contributed by atoms with Crippen molar-refractivity contribution in [2.75, 3.05) is 20.8 Å². The van der Waals surface area contributed by atoms with Gasteiger partial charge in [0.2, 0.25) is 5.75 Å². The number of aromatic nitrogens is 1. The maximum Gasteiger partial charge on any atom is 0.266 e. The number of methoxy groups -OCH3 is 2. The maximum absolute atomic E-state index is 12.8. The van der Waals surface area contributed by atoms with Crippen LogP contribution in [0.5, 0.6) is 17.2 Å². The summed E-state index contributed by atoms with van der Waals surface area (Å²) in [5.74, 6) is 0.244. The maximum atomic E-state index is 12.8. The number of likely N-dealkylation sites (N-methyl/N-ethyl adjacent to an activating group) is 1.